The first-order valence-corrected chi connectivity index (χ1v) is 6.65. The summed E-state index contributed by atoms with van der Waals surface area (Å²) in [6.45, 7) is 8.98. The minimum absolute atomic E-state index is 0.606. The molecule has 2 rings (SSSR count). The second kappa shape index (κ2) is 4.91. The normalized spacial score (nSPS) is 11.4. The highest BCUT2D eigenvalue weighted by Crippen LogP contribution is 2.26. The Morgan fingerprint density at radius 3 is 2.41 bits per heavy atom. The summed E-state index contributed by atoms with van der Waals surface area (Å²) in [5, 5.41) is 2.76. The number of fused-ring (bicyclic) bond motifs is 1. The summed E-state index contributed by atoms with van der Waals surface area (Å²) < 4.78 is 0. The van der Waals surface area contributed by atoms with Crippen LogP contribution in [-0.4, -0.2) is 0 Å². The van der Waals surface area contributed by atoms with Crippen molar-refractivity contribution < 1.29 is 0 Å². The van der Waals surface area contributed by atoms with Gasteiger partial charge in [0, 0.05) is 0 Å². The molecule has 0 aliphatic carbocycles. The zero-order valence-corrected chi connectivity index (χ0v) is 11.4. The molecule has 0 saturated heterocycles. The van der Waals surface area contributed by atoms with Gasteiger partial charge in [0.2, 0.25) is 0 Å². The van der Waals surface area contributed by atoms with Gasteiger partial charge in [-0.2, -0.15) is 0 Å². The molecule has 2 aromatic carbocycles. The lowest BCUT2D eigenvalue weighted by Gasteiger charge is -2.12. The lowest BCUT2D eigenvalue weighted by Crippen LogP contribution is -1.92. The molecule has 0 nitrogen and oxygen atoms in total. The van der Waals surface area contributed by atoms with Crippen LogP contribution >= 0.6 is 0 Å². The molecule has 0 atom stereocenters. The zero-order chi connectivity index (χ0) is 12.4. The van der Waals surface area contributed by atoms with Gasteiger partial charge in [0.15, 0.2) is 0 Å². The van der Waals surface area contributed by atoms with Crippen molar-refractivity contribution in [1.82, 2.24) is 0 Å². The first-order chi connectivity index (χ1) is 8.11. The van der Waals surface area contributed by atoms with Crippen LogP contribution in [0.2, 0.25) is 0 Å². The molecule has 0 aliphatic heterocycles. The van der Waals surface area contributed by atoms with Crippen LogP contribution < -0.4 is 0 Å². The number of aryl methyl sites for hydroxylation is 2. The van der Waals surface area contributed by atoms with E-state index in [-0.39, 0.29) is 0 Å². The van der Waals surface area contributed by atoms with Crippen LogP contribution in [0.3, 0.4) is 0 Å². The molecule has 0 unspecified atom stereocenters. The van der Waals surface area contributed by atoms with E-state index in [1.807, 2.05) is 0 Å². The Kier molecular flexibility index (Phi) is 3.51. The van der Waals surface area contributed by atoms with Gasteiger partial charge in [0.05, 0.1) is 0 Å². The van der Waals surface area contributed by atoms with Crippen LogP contribution in [0.15, 0.2) is 30.3 Å². The van der Waals surface area contributed by atoms with E-state index in [1.54, 1.807) is 0 Å². The summed E-state index contributed by atoms with van der Waals surface area (Å²) in [7, 11) is 0. The van der Waals surface area contributed by atoms with Gasteiger partial charge in [0.1, 0.15) is 0 Å². The molecule has 0 saturated carbocycles. The molecule has 0 heterocycles. The molecule has 0 amide bonds. The molecule has 0 aliphatic rings. The SMILES string of the molecule is CCCc1ccc2cc(C(C)C)c(C)cc2c1. The standard InChI is InChI=1S/C17H22/c1-5-6-14-7-8-15-11-17(12(2)3)13(4)9-16(15)10-14/h7-12H,5-6H2,1-4H3. The Morgan fingerprint density at radius 2 is 1.76 bits per heavy atom. The zero-order valence-electron chi connectivity index (χ0n) is 11.4. The lowest BCUT2D eigenvalue weighted by molar-refractivity contribution is 0.859. The molecule has 0 spiro atoms. The van der Waals surface area contributed by atoms with Gasteiger partial charge in [-0.1, -0.05) is 57.5 Å². The third-order valence-corrected chi connectivity index (χ3v) is 3.45. The Bertz CT molecular complexity index is 521. The van der Waals surface area contributed by atoms with Crippen molar-refractivity contribution in [3.05, 3.63) is 47.0 Å². The highest BCUT2D eigenvalue weighted by Gasteiger charge is 2.05. The Labute approximate surface area is 105 Å². The fraction of sp³-hybridized carbons (Fsp3) is 0.412. The van der Waals surface area contributed by atoms with Gasteiger partial charge >= 0.3 is 0 Å². The monoisotopic (exact) mass is 226 g/mol. The van der Waals surface area contributed by atoms with Crippen LogP contribution in [0.25, 0.3) is 10.8 Å². The summed E-state index contributed by atoms with van der Waals surface area (Å²) in [6, 6.07) is 11.6. The molecule has 0 fully saturated rings. The van der Waals surface area contributed by atoms with Crippen LogP contribution in [0.4, 0.5) is 0 Å². The van der Waals surface area contributed by atoms with Crippen LogP contribution in [0.1, 0.15) is 49.8 Å². The van der Waals surface area contributed by atoms with Gasteiger partial charge in [-0.3, -0.25) is 0 Å². The van der Waals surface area contributed by atoms with Crippen LogP contribution in [-0.2, 0) is 6.42 Å². The number of hydrogen-bond acceptors (Lipinski definition) is 0. The first-order valence-electron chi connectivity index (χ1n) is 6.65. The lowest BCUT2D eigenvalue weighted by atomic mass is 9.93. The van der Waals surface area contributed by atoms with Crippen molar-refractivity contribution in [2.24, 2.45) is 0 Å². The maximum atomic E-state index is 2.35. The third kappa shape index (κ3) is 2.52. The highest BCUT2D eigenvalue weighted by atomic mass is 14.1. The molecule has 0 heteroatoms. The van der Waals surface area contributed by atoms with Gasteiger partial charge in [-0.25, -0.2) is 0 Å². The Morgan fingerprint density at radius 1 is 1.00 bits per heavy atom. The van der Waals surface area contributed by atoms with E-state index in [0.717, 1.165) is 0 Å². The first kappa shape index (κ1) is 12.2. The van der Waals surface area contributed by atoms with E-state index in [0.29, 0.717) is 5.92 Å². The number of benzene rings is 2. The minimum atomic E-state index is 0.606. The van der Waals surface area contributed by atoms with E-state index < -0.39 is 0 Å². The van der Waals surface area contributed by atoms with E-state index in [2.05, 4.69) is 58.0 Å². The minimum Gasteiger partial charge on any atom is -0.0651 e. The van der Waals surface area contributed by atoms with E-state index in [9.17, 15) is 0 Å². The largest absolute Gasteiger partial charge is 0.0651 e. The molecule has 17 heavy (non-hydrogen) atoms. The summed E-state index contributed by atoms with van der Waals surface area (Å²) in [5.41, 5.74) is 4.35. The molecule has 0 radical (unpaired) electrons. The fourth-order valence-corrected chi connectivity index (χ4v) is 2.54. The van der Waals surface area contributed by atoms with E-state index in [4.69, 9.17) is 0 Å². The van der Waals surface area contributed by atoms with Gasteiger partial charge in [0.25, 0.3) is 0 Å². The number of rotatable bonds is 3. The maximum Gasteiger partial charge on any atom is -0.0178 e. The van der Waals surface area contributed by atoms with Gasteiger partial charge in [-0.15, -0.1) is 0 Å². The second-order valence-corrected chi connectivity index (χ2v) is 5.29. The maximum absolute atomic E-state index is 2.35. The molecular weight excluding hydrogens is 204 g/mol. The molecular formula is C17H22. The fourth-order valence-electron chi connectivity index (χ4n) is 2.54. The van der Waals surface area contributed by atoms with Crippen molar-refractivity contribution in [2.75, 3.05) is 0 Å². The summed E-state index contributed by atoms with van der Waals surface area (Å²) in [5.74, 6) is 0.606. The van der Waals surface area contributed by atoms with Crippen LogP contribution in [0.5, 0.6) is 0 Å². The average molecular weight is 226 g/mol. The summed E-state index contributed by atoms with van der Waals surface area (Å²) in [4.78, 5) is 0. The molecule has 2 aromatic rings. The molecule has 0 N–H and O–H groups in total. The van der Waals surface area contributed by atoms with E-state index in [1.165, 1.54) is 40.3 Å². The van der Waals surface area contributed by atoms with Crippen LogP contribution in [0, 0.1) is 6.92 Å². The smallest absolute Gasteiger partial charge is 0.0178 e. The highest BCUT2D eigenvalue weighted by molar-refractivity contribution is 5.85. The van der Waals surface area contributed by atoms with Crippen molar-refractivity contribution in [3.63, 3.8) is 0 Å². The second-order valence-electron chi connectivity index (χ2n) is 5.29. The number of hydrogen-bond donors (Lipinski definition) is 0. The van der Waals surface area contributed by atoms with Crippen molar-refractivity contribution in [2.45, 2.75) is 46.5 Å². The van der Waals surface area contributed by atoms with Gasteiger partial charge < -0.3 is 0 Å². The molecule has 0 bridgehead atoms. The summed E-state index contributed by atoms with van der Waals surface area (Å²) >= 11 is 0. The molecule has 0 aromatic heterocycles. The van der Waals surface area contributed by atoms with Crippen molar-refractivity contribution >= 4 is 10.8 Å². The van der Waals surface area contributed by atoms with Crippen molar-refractivity contribution in [1.29, 1.82) is 0 Å². The quantitative estimate of drug-likeness (QED) is 0.672. The Balaban J connectivity index is 2.54. The average Bonchev–Trinajstić information content (AvgIpc) is 2.28. The molecule has 90 valence electrons. The Hall–Kier alpha value is -1.30. The predicted molar refractivity (Wildman–Crippen MR) is 76.8 cm³/mol. The predicted octanol–water partition coefficient (Wildman–Crippen LogP) is 5.22. The van der Waals surface area contributed by atoms with Gasteiger partial charge in [-0.05, 0) is 46.7 Å². The summed E-state index contributed by atoms with van der Waals surface area (Å²) in [6.07, 6.45) is 2.40. The van der Waals surface area contributed by atoms with Crippen molar-refractivity contribution in [3.8, 4) is 0 Å². The topological polar surface area (TPSA) is 0 Å². The van der Waals surface area contributed by atoms with E-state index >= 15 is 0 Å². The third-order valence-electron chi connectivity index (χ3n) is 3.45.